The second-order valence-corrected chi connectivity index (χ2v) is 6.64. The Morgan fingerprint density at radius 3 is 2.54 bits per heavy atom. The summed E-state index contributed by atoms with van der Waals surface area (Å²) in [5.74, 6) is 0.354. The van der Waals surface area contributed by atoms with Crippen molar-refractivity contribution >= 4 is 11.7 Å². The molecule has 2 heterocycles. The number of nitrogens with zero attached hydrogens (tertiary/aromatic N) is 5. The van der Waals surface area contributed by atoms with Gasteiger partial charge in [0.05, 0.1) is 11.3 Å². The summed E-state index contributed by atoms with van der Waals surface area (Å²) in [5, 5.41) is 20.3. The highest BCUT2D eigenvalue weighted by molar-refractivity contribution is 5.92. The third kappa shape index (κ3) is 4.33. The van der Waals surface area contributed by atoms with Crippen molar-refractivity contribution in [2.24, 2.45) is 0 Å². The number of nitrogens with one attached hydrogen (secondary N) is 1. The van der Waals surface area contributed by atoms with E-state index in [0.29, 0.717) is 23.6 Å². The van der Waals surface area contributed by atoms with E-state index in [9.17, 15) is 10.1 Å². The van der Waals surface area contributed by atoms with Crippen LogP contribution in [0.2, 0.25) is 0 Å². The smallest absolute Gasteiger partial charge is 0.272 e. The van der Waals surface area contributed by atoms with Gasteiger partial charge < -0.3 is 10.2 Å². The van der Waals surface area contributed by atoms with E-state index in [2.05, 4.69) is 26.6 Å². The number of hydrogen-bond acceptors (Lipinski definition) is 6. The van der Waals surface area contributed by atoms with Crippen molar-refractivity contribution in [1.82, 2.24) is 20.5 Å². The Morgan fingerprint density at radius 2 is 1.92 bits per heavy atom. The molecular weight excluding hydrogens is 328 g/mol. The van der Waals surface area contributed by atoms with E-state index in [1.54, 1.807) is 6.07 Å². The zero-order chi connectivity index (χ0) is 19.4. The van der Waals surface area contributed by atoms with E-state index in [-0.39, 0.29) is 11.9 Å². The number of anilines is 1. The van der Waals surface area contributed by atoms with Crippen LogP contribution in [0.15, 0.2) is 12.1 Å². The van der Waals surface area contributed by atoms with Crippen molar-refractivity contribution in [3.63, 3.8) is 0 Å². The second kappa shape index (κ2) is 7.91. The topological polar surface area (TPSA) is 94.8 Å². The molecule has 0 saturated heterocycles. The van der Waals surface area contributed by atoms with Gasteiger partial charge in [0.15, 0.2) is 5.69 Å². The number of pyridine rings is 1. The molecule has 0 spiro atoms. The molecule has 0 bridgehead atoms. The van der Waals surface area contributed by atoms with Gasteiger partial charge in [0, 0.05) is 25.3 Å². The summed E-state index contributed by atoms with van der Waals surface area (Å²) in [6, 6.07) is 5.67. The number of aryl methyl sites for hydroxylation is 4. The number of nitriles is 1. The van der Waals surface area contributed by atoms with E-state index < -0.39 is 0 Å². The van der Waals surface area contributed by atoms with Crippen molar-refractivity contribution in [3.05, 3.63) is 45.9 Å². The predicted molar refractivity (Wildman–Crippen MR) is 100 cm³/mol. The first kappa shape index (κ1) is 19.3. The molecule has 2 rings (SSSR count). The summed E-state index contributed by atoms with van der Waals surface area (Å²) >= 11 is 0. The molecule has 26 heavy (non-hydrogen) atoms. The fourth-order valence-electron chi connectivity index (χ4n) is 2.73. The molecule has 0 aliphatic rings. The summed E-state index contributed by atoms with van der Waals surface area (Å²) in [6.07, 6.45) is 0. The van der Waals surface area contributed by atoms with Crippen molar-refractivity contribution in [1.29, 1.82) is 5.26 Å². The molecule has 0 aromatic carbocycles. The molecule has 2 aromatic heterocycles. The first-order valence-corrected chi connectivity index (χ1v) is 8.44. The first-order chi connectivity index (χ1) is 12.2. The Morgan fingerprint density at radius 1 is 1.23 bits per heavy atom. The zero-order valence-electron chi connectivity index (χ0n) is 16.1. The van der Waals surface area contributed by atoms with Crippen LogP contribution in [-0.4, -0.2) is 40.7 Å². The maximum atomic E-state index is 12.4. The first-order valence-electron chi connectivity index (χ1n) is 8.44. The summed E-state index contributed by atoms with van der Waals surface area (Å²) in [5.41, 5.74) is 4.32. The summed E-state index contributed by atoms with van der Waals surface area (Å²) in [4.78, 5) is 18.7. The van der Waals surface area contributed by atoms with Crippen molar-refractivity contribution < 1.29 is 4.79 Å². The van der Waals surface area contributed by atoms with Gasteiger partial charge in [-0.1, -0.05) is 0 Å². The number of amides is 1. The Balaban J connectivity index is 2.10. The quantitative estimate of drug-likeness (QED) is 0.887. The van der Waals surface area contributed by atoms with Crippen molar-refractivity contribution in [3.8, 4) is 6.07 Å². The van der Waals surface area contributed by atoms with Crippen LogP contribution in [0.25, 0.3) is 0 Å². The molecule has 7 nitrogen and oxygen atoms in total. The van der Waals surface area contributed by atoms with E-state index in [0.717, 1.165) is 22.5 Å². The molecule has 0 fully saturated rings. The third-order valence-corrected chi connectivity index (χ3v) is 4.19. The molecule has 0 saturated carbocycles. The molecule has 1 N–H and O–H groups in total. The van der Waals surface area contributed by atoms with Crippen LogP contribution < -0.4 is 10.2 Å². The van der Waals surface area contributed by atoms with Gasteiger partial charge in [-0.15, -0.1) is 5.10 Å². The third-order valence-electron chi connectivity index (χ3n) is 4.19. The molecule has 0 aliphatic carbocycles. The Hall–Kier alpha value is -3.01. The van der Waals surface area contributed by atoms with Gasteiger partial charge in [-0.2, -0.15) is 10.4 Å². The molecule has 1 amide bonds. The fourth-order valence-corrected chi connectivity index (χ4v) is 2.73. The van der Waals surface area contributed by atoms with Gasteiger partial charge in [-0.3, -0.25) is 4.79 Å². The largest absolute Gasteiger partial charge is 0.357 e. The molecule has 0 radical (unpaired) electrons. The van der Waals surface area contributed by atoms with Crippen molar-refractivity contribution in [2.45, 2.75) is 40.7 Å². The average Bonchev–Trinajstić information content (AvgIpc) is 2.56. The highest BCUT2D eigenvalue weighted by Gasteiger charge is 2.17. The van der Waals surface area contributed by atoms with E-state index in [4.69, 9.17) is 0 Å². The van der Waals surface area contributed by atoms with Crippen LogP contribution in [0.3, 0.4) is 0 Å². The number of hydrogen-bond donors (Lipinski definition) is 1. The van der Waals surface area contributed by atoms with Crippen LogP contribution in [0.5, 0.6) is 0 Å². The number of aromatic nitrogens is 3. The Labute approximate surface area is 154 Å². The van der Waals surface area contributed by atoms with Gasteiger partial charge in [0.1, 0.15) is 11.9 Å². The molecule has 0 aliphatic heterocycles. The monoisotopic (exact) mass is 352 g/mol. The van der Waals surface area contributed by atoms with E-state index in [1.165, 1.54) is 0 Å². The van der Waals surface area contributed by atoms with Gasteiger partial charge in [-0.25, -0.2) is 4.98 Å². The Bertz CT molecular complexity index is 871. The highest BCUT2D eigenvalue weighted by atomic mass is 16.2. The van der Waals surface area contributed by atoms with Gasteiger partial charge in [-0.05, 0) is 57.9 Å². The lowest BCUT2D eigenvalue weighted by Gasteiger charge is -2.24. The minimum absolute atomic E-state index is 0.162. The van der Waals surface area contributed by atoms with Gasteiger partial charge in [0.25, 0.3) is 5.91 Å². The number of rotatable bonds is 5. The predicted octanol–water partition coefficient (Wildman–Crippen LogP) is 2.23. The highest BCUT2D eigenvalue weighted by Crippen LogP contribution is 2.20. The van der Waals surface area contributed by atoms with Crippen LogP contribution in [0.4, 0.5) is 5.82 Å². The van der Waals surface area contributed by atoms with Crippen LogP contribution >= 0.6 is 0 Å². The molecular formula is C19H24N6O. The molecule has 1 unspecified atom stereocenters. The fraction of sp³-hybridized carbons (Fsp3) is 0.421. The normalized spacial score (nSPS) is 11.6. The van der Waals surface area contributed by atoms with Gasteiger partial charge >= 0.3 is 0 Å². The standard InChI is InChI=1S/C19H24N6O/c1-11-8-17(24-23-15(11)5)19(26)22-14(4)10-25(6)18-16(9-20)12(2)7-13(3)21-18/h7-8,14H,10H2,1-6H3,(H,22,26). The molecule has 136 valence electrons. The minimum atomic E-state index is -0.268. The van der Waals surface area contributed by atoms with Crippen molar-refractivity contribution in [2.75, 3.05) is 18.5 Å². The average molecular weight is 352 g/mol. The molecule has 7 heteroatoms. The SMILES string of the molecule is Cc1cc(C)c(C#N)c(N(C)CC(C)NC(=O)c2cc(C)c(C)nn2)n1. The lowest BCUT2D eigenvalue weighted by molar-refractivity contribution is 0.0935. The maximum absolute atomic E-state index is 12.4. The summed E-state index contributed by atoms with van der Waals surface area (Å²) in [7, 11) is 1.86. The Kier molecular flexibility index (Phi) is 5.88. The van der Waals surface area contributed by atoms with Crippen LogP contribution in [-0.2, 0) is 0 Å². The maximum Gasteiger partial charge on any atom is 0.272 e. The summed E-state index contributed by atoms with van der Waals surface area (Å²) in [6.45, 7) is 9.95. The molecule has 1 atom stereocenters. The van der Waals surface area contributed by atoms with E-state index in [1.807, 2.05) is 52.6 Å². The lowest BCUT2D eigenvalue weighted by atomic mass is 10.1. The number of likely N-dealkylation sites (N-methyl/N-ethyl adjacent to an activating group) is 1. The number of carbonyl (C=O) groups is 1. The lowest BCUT2D eigenvalue weighted by Crippen LogP contribution is -2.41. The summed E-state index contributed by atoms with van der Waals surface area (Å²) < 4.78 is 0. The minimum Gasteiger partial charge on any atom is -0.357 e. The molecule has 2 aromatic rings. The number of carbonyl (C=O) groups excluding carboxylic acids is 1. The second-order valence-electron chi connectivity index (χ2n) is 6.64. The van der Waals surface area contributed by atoms with Crippen LogP contribution in [0, 0.1) is 39.0 Å². The van der Waals surface area contributed by atoms with Crippen LogP contribution in [0.1, 0.15) is 45.5 Å². The zero-order valence-corrected chi connectivity index (χ0v) is 16.1. The van der Waals surface area contributed by atoms with E-state index >= 15 is 0 Å². The van der Waals surface area contributed by atoms with Gasteiger partial charge in [0.2, 0.25) is 0 Å².